The van der Waals surface area contributed by atoms with Gasteiger partial charge in [0.25, 0.3) is 5.91 Å². The lowest BCUT2D eigenvalue weighted by molar-refractivity contribution is -0.145. The third-order valence-corrected chi connectivity index (χ3v) is 8.47. The van der Waals surface area contributed by atoms with Crippen LogP contribution in [0.1, 0.15) is 83.4 Å². The van der Waals surface area contributed by atoms with E-state index in [4.69, 9.17) is 0 Å². The molecule has 8 heteroatoms. The molecule has 0 spiro atoms. The molecular formula is C37H44F2N2O4. The molecule has 1 N–H and O–H groups in total. The van der Waals surface area contributed by atoms with Crippen LogP contribution in [0.15, 0.2) is 66.7 Å². The number of ketones is 1. The van der Waals surface area contributed by atoms with Crippen LogP contribution in [0, 0.1) is 30.4 Å². The number of amides is 2. The summed E-state index contributed by atoms with van der Waals surface area (Å²) >= 11 is 0. The Morgan fingerprint density at radius 1 is 0.933 bits per heavy atom. The zero-order chi connectivity index (χ0) is 32.5. The van der Waals surface area contributed by atoms with Crippen LogP contribution < -0.4 is 0 Å². The monoisotopic (exact) mass is 618 g/mol. The van der Waals surface area contributed by atoms with Gasteiger partial charge in [-0.1, -0.05) is 44.2 Å². The number of piperidine rings is 1. The zero-order valence-corrected chi connectivity index (χ0v) is 26.5. The van der Waals surface area contributed by atoms with Gasteiger partial charge in [0.05, 0.1) is 12.0 Å². The van der Waals surface area contributed by atoms with E-state index >= 15 is 0 Å². The molecule has 1 aliphatic heterocycles. The van der Waals surface area contributed by atoms with Gasteiger partial charge in [0, 0.05) is 49.8 Å². The fourth-order valence-electron chi connectivity index (χ4n) is 6.38. The molecular weight excluding hydrogens is 574 g/mol. The molecule has 4 rings (SSSR count). The number of hydrogen-bond acceptors (Lipinski definition) is 4. The van der Waals surface area contributed by atoms with Crippen LogP contribution in [0.5, 0.6) is 0 Å². The van der Waals surface area contributed by atoms with Crippen LogP contribution in [-0.4, -0.2) is 58.2 Å². The Kier molecular flexibility index (Phi) is 12.0. The molecule has 45 heavy (non-hydrogen) atoms. The van der Waals surface area contributed by atoms with Gasteiger partial charge in [0.1, 0.15) is 11.6 Å². The van der Waals surface area contributed by atoms with Crippen LogP contribution in [0.3, 0.4) is 0 Å². The molecule has 3 aromatic rings. The van der Waals surface area contributed by atoms with E-state index in [1.54, 1.807) is 28.0 Å². The Bertz CT molecular complexity index is 1450. The summed E-state index contributed by atoms with van der Waals surface area (Å²) in [6.07, 6.45) is 1.38. The molecule has 240 valence electrons. The molecule has 3 atom stereocenters. The maximum atomic E-state index is 14.2. The smallest absolute Gasteiger partial charge is 0.253 e. The van der Waals surface area contributed by atoms with Crippen molar-refractivity contribution in [3.05, 3.63) is 106 Å². The van der Waals surface area contributed by atoms with Crippen molar-refractivity contribution in [1.82, 2.24) is 9.80 Å². The number of benzene rings is 3. The van der Waals surface area contributed by atoms with E-state index in [0.717, 1.165) is 30.0 Å². The van der Waals surface area contributed by atoms with Crippen molar-refractivity contribution in [2.75, 3.05) is 19.6 Å². The lowest BCUT2D eigenvalue weighted by atomic mass is 9.79. The van der Waals surface area contributed by atoms with Crippen molar-refractivity contribution in [3.63, 3.8) is 0 Å². The van der Waals surface area contributed by atoms with Crippen LogP contribution in [-0.2, 0) is 17.8 Å². The second kappa shape index (κ2) is 15.9. The summed E-state index contributed by atoms with van der Waals surface area (Å²) in [5.74, 6) is -3.71. The van der Waals surface area contributed by atoms with Crippen LogP contribution >= 0.6 is 0 Å². The average molecular weight is 619 g/mol. The van der Waals surface area contributed by atoms with Gasteiger partial charge in [-0.05, 0) is 92.0 Å². The van der Waals surface area contributed by atoms with Crippen molar-refractivity contribution >= 4 is 17.6 Å². The molecule has 0 unspecified atom stereocenters. The third kappa shape index (κ3) is 9.07. The molecule has 0 aliphatic carbocycles. The van der Waals surface area contributed by atoms with E-state index in [9.17, 15) is 28.3 Å². The molecule has 0 radical (unpaired) electrons. The minimum atomic E-state index is -1.22. The standard InChI is InChI=1S/C37H44F2N2O4/c1-4-13-40(14-5-2)36(44)30-17-25(3)16-28(21-30)34(42)22-29(18-27-19-31(38)23-32(39)20-27)35(43)33-12-9-15-41(37(33)45)24-26-10-7-6-8-11-26/h6-8,10-11,16-17,19-21,23,29,33,35,43H,4-5,9,12-15,18,22,24H2,1-3H3/t29-,33+,35+/m1/s1. The van der Waals surface area contributed by atoms with Crippen LogP contribution in [0.25, 0.3) is 0 Å². The Morgan fingerprint density at radius 2 is 1.58 bits per heavy atom. The highest BCUT2D eigenvalue weighted by Crippen LogP contribution is 2.31. The average Bonchev–Trinajstić information content (AvgIpc) is 3.00. The Hall–Kier alpha value is -3.91. The third-order valence-electron chi connectivity index (χ3n) is 8.47. The van der Waals surface area contributed by atoms with Gasteiger partial charge in [-0.25, -0.2) is 8.78 Å². The summed E-state index contributed by atoms with van der Waals surface area (Å²) in [6, 6.07) is 17.8. The van der Waals surface area contributed by atoms with Crippen molar-refractivity contribution < 1.29 is 28.3 Å². The fraction of sp³-hybridized carbons (Fsp3) is 0.432. The first-order valence-corrected chi connectivity index (χ1v) is 16.0. The van der Waals surface area contributed by atoms with Gasteiger partial charge < -0.3 is 14.9 Å². The second-order valence-corrected chi connectivity index (χ2v) is 12.2. The molecule has 2 amide bonds. The van der Waals surface area contributed by atoms with Crippen molar-refractivity contribution in [2.24, 2.45) is 11.8 Å². The van der Waals surface area contributed by atoms with E-state index in [0.29, 0.717) is 55.7 Å². The fourth-order valence-corrected chi connectivity index (χ4v) is 6.38. The first kappa shape index (κ1) is 34.0. The number of carbonyl (C=O) groups excluding carboxylic acids is 3. The predicted molar refractivity (Wildman–Crippen MR) is 171 cm³/mol. The Balaban J connectivity index is 1.60. The first-order chi connectivity index (χ1) is 21.6. The minimum Gasteiger partial charge on any atom is -0.392 e. The zero-order valence-electron chi connectivity index (χ0n) is 26.5. The molecule has 0 saturated carbocycles. The van der Waals surface area contributed by atoms with E-state index < -0.39 is 29.6 Å². The quantitative estimate of drug-likeness (QED) is 0.203. The Labute approximate surface area is 265 Å². The molecule has 6 nitrogen and oxygen atoms in total. The van der Waals surface area contributed by atoms with Crippen molar-refractivity contribution in [3.8, 4) is 0 Å². The van der Waals surface area contributed by atoms with Gasteiger partial charge in [-0.2, -0.15) is 0 Å². The summed E-state index contributed by atoms with van der Waals surface area (Å²) in [7, 11) is 0. The van der Waals surface area contributed by atoms with Gasteiger partial charge in [0.15, 0.2) is 5.78 Å². The summed E-state index contributed by atoms with van der Waals surface area (Å²) in [4.78, 5) is 44.3. The number of rotatable bonds is 14. The lowest BCUT2D eigenvalue weighted by Gasteiger charge is -2.37. The van der Waals surface area contributed by atoms with Crippen LogP contribution in [0.4, 0.5) is 8.78 Å². The number of nitrogens with zero attached hydrogens (tertiary/aromatic N) is 2. The van der Waals surface area contributed by atoms with Gasteiger partial charge in [0.2, 0.25) is 5.91 Å². The van der Waals surface area contributed by atoms with Gasteiger partial charge >= 0.3 is 0 Å². The van der Waals surface area contributed by atoms with E-state index in [-0.39, 0.29) is 30.4 Å². The van der Waals surface area contributed by atoms with Gasteiger partial charge in [-0.3, -0.25) is 14.4 Å². The molecule has 1 heterocycles. The number of carbonyl (C=O) groups is 3. The number of Topliss-reactive ketones (excluding diaryl/α,β-unsaturated/α-hetero) is 1. The number of aliphatic hydroxyl groups excluding tert-OH is 1. The van der Waals surface area contributed by atoms with E-state index in [1.165, 1.54) is 12.1 Å². The van der Waals surface area contributed by atoms with Crippen molar-refractivity contribution in [2.45, 2.75) is 71.9 Å². The summed E-state index contributed by atoms with van der Waals surface area (Å²) in [5, 5.41) is 11.7. The van der Waals surface area contributed by atoms with Crippen LogP contribution in [0.2, 0.25) is 0 Å². The SMILES string of the molecule is CCCN(CCC)C(=O)c1cc(C)cc(C(=O)C[C@@H](Cc2cc(F)cc(F)c2)[C@H](O)[C@@H]2CCCN(Cc3ccccc3)C2=O)c1. The lowest BCUT2D eigenvalue weighted by Crippen LogP contribution is -2.47. The summed E-state index contributed by atoms with van der Waals surface area (Å²) in [5.41, 5.74) is 2.77. The van der Waals surface area contributed by atoms with E-state index in [2.05, 4.69) is 0 Å². The normalized spacial score (nSPS) is 16.4. The number of likely N-dealkylation sites (tertiary alicyclic amines) is 1. The summed E-state index contributed by atoms with van der Waals surface area (Å²) in [6.45, 7) is 8.03. The topological polar surface area (TPSA) is 77.9 Å². The number of hydrogen-bond donors (Lipinski definition) is 1. The number of halogens is 2. The maximum Gasteiger partial charge on any atom is 0.253 e. The first-order valence-electron chi connectivity index (χ1n) is 16.0. The molecule has 0 aromatic heterocycles. The second-order valence-electron chi connectivity index (χ2n) is 12.2. The molecule has 1 fully saturated rings. The van der Waals surface area contributed by atoms with Gasteiger partial charge in [-0.15, -0.1) is 0 Å². The summed E-state index contributed by atoms with van der Waals surface area (Å²) < 4.78 is 28.3. The Morgan fingerprint density at radius 3 is 2.22 bits per heavy atom. The minimum absolute atomic E-state index is 0.00241. The largest absolute Gasteiger partial charge is 0.392 e. The van der Waals surface area contributed by atoms with Crippen molar-refractivity contribution in [1.29, 1.82) is 0 Å². The predicted octanol–water partition coefficient (Wildman–Crippen LogP) is 6.77. The maximum absolute atomic E-state index is 14.2. The molecule has 3 aromatic carbocycles. The highest BCUT2D eigenvalue weighted by Gasteiger charge is 2.38. The van der Waals surface area contributed by atoms with E-state index in [1.807, 2.05) is 51.1 Å². The molecule has 0 bridgehead atoms. The highest BCUT2D eigenvalue weighted by molar-refractivity contribution is 6.01. The molecule has 1 aliphatic rings. The molecule has 1 saturated heterocycles. The number of aliphatic hydroxyl groups is 1. The number of aryl methyl sites for hydroxylation is 1. The highest BCUT2D eigenvalue weighted by atomic mass is 19.1.